The van der Waals surface area contributed by atoms with E-state index in [1.807, 2.05) is 58.9 Å². The van der Waals surface area contributed by atoms with Gasteiger partial charge in [-0.15, -0.1) is 16.8 Å². The molecule has 0 spiro atoms. The van der Waals surface area contributed by atoms with Gasteiger partial charge in [0.2, 0.25) is 5.82 Å². The van der Waals surface area contributed by atoms with Crippen LogP contribution in [0.1, 0.15) is 114 Å². The van der Waals surface area contributed by atoms with Crippen LogP contribution in [0.3, 0.4) is 0 Å². The molecule has 1 N–H and O–H groups in total. The average molecular weight is 540 g/mol. The maximum absolute atomic E-state index is 5.38. The number of aromatic amines is 1. The Morgan fingerprint density at radius 1 is 1.05 bits per heavy atom. The first-order valence-electron chi connectivity index (χ1n) is 14.2. The molecule has 0 aliphatic rings. The molecule has 0 saturated heterocycles. The molecular formula is C33H57N5O. The highest BCUT2D eigenvalue weighted by molar-refractivity contribution is 5.95. The first kappa shape index (κ1) is 40.2. The minimum Gasteiger partial charge on any atom is -0.501 e. The van der Waals surface area contributed by atoms with Gasteiger partial charge in [-0.25, -0.2) is 0 Å². The maximum Gasteiger partial charge on any atom is 0.204 e. The van der Waals surface area contributed by atoms with Crippen molar-refractivity contribution in [2.24, 2.45) is 4.99 Å². The van der Waals surface area contributed by atoms with E-state index in [0.29, 0.717) is 18.0 Å². The van der Waals surface area contributed by atoms with Gasteiger partial charge in [0.1, 0.15) is 0 Å². The van der Waals surface area contributed by atoms with Crippen molar-refractivity contribution in [2.45, 2.75) is 108 Å². The zero-order valence-corrected chi connectivity index (χ0v) is 26.7. The highest BCUT2D eigenvalue weighted by atomic mass is 16.5. The van der Waals surface area contributed by atoms with Crippen molar-refractivity contribution < 1.29 is 4.74 Å². The van der Waals surface area contributed by atoms with Gasteiger partial charge in [0.15, 0.2) is 0 Å². The smallest absolute Gasteiger partial charge is 0.204 e. The highest BCUT2D eigenvalue weighted by Crippen LogP contribution is 2.22. The van der Waals surface area contributed by atoms with Crippen LogP contribution in [0.15, 0.2) is 83.8 Å². The number of hydrogen-bond acceptors (Lipinski definition) is 5. The molecule has 1 aromatic heterocycles. The molecule has 0 atom stereocenters. The van der Waals surface area contributed by atoms with Gasteiger partial charge in [0, 0.05) is 17.0 Å². The summed E-state index contributed by atoms with van der Waals surface area (Å²) in [5, 5.41) is 13.5. The zero-order valence-electron chi connectivity index (χ0n) is 26.7. The molecule has 0 amide bonds. The summed E-state index contributed by atoms with van der Waals surface area (Å²) in [6.45, 7) is 32.8. The molecule has 0 unspecified atom stereocenters. The van der Waals surface area contributed by atoms with Gasteiger partial charge in [0.05, 0.1) is 12.9 Å². The van der Waals surface area contributed by atoms with Gasteiger partial charge in [-0.1, -0.05) is 84.1 Å². The Bertz CT molecular complexity index is 908. The largest absolute Gasteiger partial charge is 0.501 e. The summed E-state index contributed by atoms with van der Waals surface area (Å²) < 4.78 is 5.38. The monoisotopic (exact) mass is 539 g/mol. The van der Waals surface area contributed by atoms with Gasteiger partial charge >= 0.3 is 0 Å². The number of unbranched alkanes of at least 4 members (excludes halogenated alkanes) is 1. The molecule has 0 aliphatic carbocycles. The Morgan fingerprint density at radius 2 is 1.69 bits per heavy atom. The molecular weight excluding hydrogens is 482 g/mol. The van der Waals surface area contributed by atoms with Crippen molar-refractivity contribution in [1.29, 1.82) is 0 Å². The summed E-state index contributed by atoms with van der Waals surface area (Å²) in [5.74, 6) is 0.499. The second-order valence-electron chi connectivity index (χ2n) is 8.41. The lowest BCUT2D eigenvalue weighted by Gasteiger charge is -2.06. The Hall–Kier alpha value is -3.28. The van der Waals surface area contributed by atoms with Crippen LogP contribution >= 0.6 is 0 Å². The van der Waals surface area contributed by atoms with E-state index >= 15 is 0 Å². The Morgan fingerprint density at radius 3 is 2.13 bits per heavy atom. The minimum absolute atomic E-state index is 0.499. The summed E-state index contributed by atoms with van der Waals surface area (Å²) >= 11 is 0. The van der Waals surface area contributed by atoms with E-state index in [-0.39, 0.29) is 0 Å². The molecule has 0 aliphatic heterocycles. The maximum atomic E-state index is 5.38. The summed E-state index contributed by atoms with van der Waals surface area (Å²) in [6.07, 6.45) is 17.9. The van der Waals surface area contributed by atoms with Crippen molar-refractivity contribution >= 4 is 11.3 Å². The van der Waals surface area contributed by atoms with Gasteiger partial charge in [0.25, 0.3) is 0 Å². The third-order valence-corrected chi connectivity index (χ3v) is 5.08. The highest BCUT2D eigenvalue weighted by Gasteiger charge is 2.08. The molecule has 0 radical (unpaired) electrons. The minimum atomic E-state index is 0.499. The number of aliphatic imine (C=N–C) groups is 1. The molecule has 1 heterocycles. The van der Waals surface area contributed by atoms with Crippen molar-refractivity contribution in [3.05, 3.63) is 84.6 Å². The molecule has 6 heteroatoms. The van der Waals surface area contributed by atoms with Crippen molar-refractivity contribution in [1.82, 2.24) is 20.6 Å². The Balaban J connectivity index is -0.000000566. The molecule has 0 saturated carbocycles. The predicted molar refractivity (Wildman–Crippen MR) is 174 cm³/mol. The van der Waals surface area contributed by atoms with Crippen LogP contribution in [0.5, 0.6) is 0 Å². The van der Waals surface area contributed by atoms with E-state index in [1.54, 1.807) is 6.26 Å². The average Bonchev–Trinajstić information content (AvgIpc) is 3.50. The third-order valence-electron chi connectivity index (χ3n) is 5.08. The SMILES string of the molecule is C/C=C\C.C=C(C(=C)c1nn[nH]n1)/C(C)=C/CC.C=CCCOC=CC(CC)=NC(CCCC)=C(C)C.CC. The van der Waals surface area contributed by atoms with E-state index in [9.17, 15) is 0 Å². The Labute approximate surface area is 240 Å². The van der Waals surface area contributed by atoms with E-state index in [1.165, 1.54) is 24.1 Å². The van der Waals surface area contributed by atoms with Crippen LogP contribution in [0.2, 0.25) is 0 Å². The molecule has 0 aromatic carbocycles. The van der Waals surface area contributed by atoms with Crippen LogP contribution in [0, 0.1) is 0 Å². The number of nitrogens with zero attached hydrogens (tertiary/aromatic N) is 4. The lowest BCUT2D eigenvalue weighted by molar-refractivity contribution is 0.256. The lowest BCUT2D eigenvalue weighted by Crippen LogP contribution is -1.95. The fraction of sp³-hybridized carbons (Fsp3) is 0.515. The van der Waals surface area contributed by atoms with Crippen LogP contribution in [-0.2, 0) is 4.74 Å². The number of aromatic nitrogens is 4. The molecule has 1 rings (SSSR count). The van der Waals surface area contributed by atoms with Gasteiger partial charge in [-0.05, 0) is 89.2 Å². The van der Waals surface area contributed by atoms with E-state index in [2.05, 4.69) is 81.1 Å². The number of ether oxygens (including phenoxy) is 1. The summed E-state index contributed by atoms with van der Waals surface area (Å²) in [7, 11) is 0. The van der Waals surface area contributed by atoms with Crippen molar-refractivity contribution in [3.8, 4) is 0 Å². The topological polar surface area (TPSA) is 76.0 Å². The quantitative estimate of drug-likeness (QED) is 0.0838. The molecule has 0 bridgehead atoms. The van der Waals surface area contributed by atoms with Crippen LogP contribution in [0.4, 0.5) is 0 Å². The zero-order chi connectivity index (χ0) is 30.5. The number of H-pyrrole nitrogens is 1. The first-order valence-corrected chi connectivity index (χ1v) is 14.2. The number of tetrazole rings is 1. The van der Waals surface area contributed by atoms with Gasteiger partial charge in [-0.3, -0.25) is 4.99 Å². The standard InChI is InChI=1S/C17H29NO.C10H14N4.C4H8.C2H6/c1-6-9-11-17(15(4)5)18-16(8-3)12-14-19-13-10-7-2;1-5-6-7(2)8(3)9(4)10-11-13-14-12-10;1-3-4-2;1-2/h7,12,14H,2,6,8-11,13H2,1,3-5H3;6H,3-5H2,1-2H3,(H,11,12,13,14);3-4H,1-2H3;1-2H3/b;7-6+;4-3-;. The van der Waals surface area contributed by atoms with Crippen LogP contribution < -0.4 is 0 Å². The molecule has 6 nitrogen and oxygen atoms in total. The molecule has 220 valence electrons. The van der Waals surface area contributed by atoms with Gasteiger partial charge < -0.3 is 4.74 Å². The predicted octanol–water partition coefficient (Wildman–Crippen LogP) is 10.2. The number of nitrogens with one attached hydrogen (secondary N) is 1. The summed E-state index contributed by atoms with van der Waals surface area (Å²) in [6, 6.07) is 0. The van der Waals surface area contributed by atoms with Crippen molar-refractivity contribution in [2.75, 3.05) is 6.61 Å². The summed E-state index contributed by atoms with van der Waals surface area (Å²) in [4.78, 5) is 4.76. The molecule has 0 fully saturated rings. The summed E-state index contributed by atoms with van der Waals surface area (Å²) in [5.41, 5.74) is 6.26. The molecule has 39 heavy (non-hydrogen) atoms. The first-order chi connectivity index (χ1) is 18.7. The normalized spacial score (nSPS) is 10.9. The number of allylic oxidation sites excluding steroid dienone is 9. The lowest BCUT2D eigenvalue weighted by atomic mass is 10.0. The van der Waals surface area contributed by atoms with Crippen molar-refractivity contribution in [3.63, 3.8) is 0 Å². The second-order valence-corrected chi connectivity index (χ2v) is 8.41. The number of hydrogen-bond donors (Lipinski definition) is 1. The van der Waals surface area contributed by atoms with E-state index in [0.717, 1.165) is 42.5 Å². The Kier molecular flexibility index (Phi) is 30.2. The second kappa shape index (κ2) is 29.3. The van der Waals surface area contributed by atoms with Crippen LogP contribution in [-0.4, -0.2) is 32.9 Å². The number of rotatable bonds is 14. The van der Waals surface area contributed by atoms with E-state index in [4.69, 9.17) is 9.73 Å². The van der Waals surface area contributed by atoms with Gasteiger partial charge in [-0.2, -0.15) is 5.21 Å². The van der Waals surface area contributed by atoms with E-state index < -0.39 is 0 Å². The third kappa shape index (κ3) is 22.4. The van der Waals surface area contributed by atoms with Crippen LogP contribution in [0.25, 0.3) is 5.57 Å². The fourth-order valence-electron chi connectivity index (χ4n) is 2.61. The molecule has 1 aromatic rings. The fourth-order valence-corrected chi connectivity index (χ4v) is 2.61.